The Bertz CT molecular complexity index is 1710. The number of fused-ring (bicyclic) bond motifs is 1. The summed E-state index contributed by atoms with van der Waals surface area (Å²) in [5.41, 5.74) is 10.7. The lowest BCUT2D eigenvalue weighted by molar-refractivity contribution is -0.152. The molecule has 3 aromatic heterocycles. The molecule has 9 N–H and O–H groups in total. The van der Waals surface area contributed by atoms with Crippen molar-refractivity contribution in [1.82, 2.24) is 35.2 Å². The number of carboxylic acids is 1. The average molecular weight is 593 g/mol. The number of Topliss-reactive ketones (excluding diaryl/α,β-unsaturated/α-hetero) is 1. The highest BCUT2D eigenvalue weighted by atomic mass is 16.5. The molecule has 0 saturated heterocycles. The van der Waals surface area contributed by atoms with Crippen molar-refractivity contribution in [3.63, 3.8) is 0 Å². The van der Waals surface area contributed by atoms with Crippen LogP contribution in [0.1, 0.15) is 34.6 Å². The summed E-state index contributed by atoms with van der Waals surface area (Å²) in [4.78, 5) is 83.8. The van der Waals surface area contributed by atoms with Crippen molar-refractivity contribution in [3.8, 4) is 0 Å². The first-order valence-corrected chi connectivity index (χ1v) is 12.8. The molecule has 0 spiro atoms. The van der Waals surface area contributed by atoms with Crippen molar-refractivity contribution in [3.05, 3.63) is 70.3 Å². The molecule has 0 aliphatic heterocycles. The SMILES string of the molecule is COC(=O)[C@@](N)(Cc1cnc[nH]1)C(=O)[C@H](CCC(=O)O)NC(=O)c1ccc(NCc2cnc3nc(N)[nH]c(=O)c3n2)cc1. The number of hydrogen-bond acceptors (Lipinski definition) is 13. The Labute approximate surface area is 242 Å². The number of aromatic nitrogens is 6. The molecule has 4 rings (SSSR count). The summed E-state index contributed by atoms with van der Waals surface area (Å²) in [5, 5.41) is 14.8. The number of benzene rings is 1. The van der Waals surface area contributed by atoms with E-state index in [1.165, 1.54) is 30.9 Å². The van der Waals surface area contributed by atoms with Gasteiger partial charge < -0.3 is 36.9 Å². The Morgan fingerprint density at radius 1 is 1.14 bits per heavy atom. The van der Waals surface area contributed by atoms with Crippen molar-refractivity contribution in [2.24, 2.45) is 5.73 Å². The fourth-order valence-electron chi connectivity index (χ4n) is 4.20. The monoisotopic (exact) mass is 592 g/mol. The Morgan fingerprint density at radius 3 is 2.53 bits per heavy atom. The van der Waals surface area contributed by atoms with Crippen LogP contribution in [0.4, 0.5) is 11.6 Å². The second kappa shape index (κ2) is 12.9. The van der Waals surface area contributed by atoms with Gasteiger partial charge in [-0.2, -0.15) is 4.98 Å². The van der Waals surface area contributed by atoms with E-state index in [-0.39, 0.29) is 42.1 Å². The van der Waals surface area contributed by atoms with Crippen LogP contribution in [0.5, 0.6) is 0 Å². The maximum Gasteiger partial charge on any atom is 0.334 e. The molecule has 17 heteroatoms. The molecule has 224 valence electrons. The molecule has 0 saturated carbocycles. The second-order valence-electron chi connectivity index (χ2n) is 9.45. The van der Waals surface area contributed by atoms with Crippen LogP contribution in [-0.4, -0.2) is 77.3 Å². The van der Waals surface area contributed by atoms with Crippen molar-refractivity contribution in [2.45, 2.75) is 37.4 Å². The van der Waals surface area contributed by atoms with Crippen molar-refractivity contribution >= 4 is 46.4 Å². The summed E-state index contributed by atoms with van der Waals surface area (Å²) in [5.74, 6) is -3.96. The largest absolute Gasteiger partial charge is 0.481 e. The first-order valence-electron chi connectivity index (χ1n) is 12.8. The van der Waals surface area contributed by atoms with Crippen molar-refractivity contribution in [2.75, 3.05) is 18.2 Å². The number of nitrogens with two attached hydrogens (primary N) is 2. The Morgan fingerprint density at radius 2 is 1.88 bits per heavy atom. The van der Waals surface area contributed by atoms with Gasteiger partial charge in [-0.05, 0) is 30.7 Å². The fraction of sp³-hybridized carbons (Fsp3) is 0.269. The summed E-state index contributed by atoms with van der Waals surface area (Å²) in [6.45, 7) is 0.187. The van der Waals surface area contributed by atoms with E-state index < -0.39 is 47.2 Å². The molecule has 3 heterocycles. The molecule has 0 aliphatic rings. The van der Waals surface area contributed by atoms with Crippen LogP contribution >= 0.6 is 0 Å². The number of nitrogen functional groups attached to an aromatic ring is 1. The lowest BCUT2D eigenvalue weighted by Crippen LogP contribution is -2.63. The highest BCUT2D eigenvalue weighted by Gasteiger charge is 2.47. The topological polar surface area (TPSA) is 274 Å². The number of esters is 1. The number of aliphatic carboxylic acids is 1. The van der Waals surface area contributed by atoms with Crippen molar-refractivity contribution < 1.29 is 29.0 Å². The number of carbonyl (C=O) groups is 4. The minimum absolute atomic E-state index is 0.0331. The predicted molar refractivity (Wildman–Crippen MR) is 150 cm³/mol. The van der Waals surface area contributed by atoms with E-state index >= 15 is 0 Å². The zero-order chi connectivity index (χ0) is 31.1. The highest BCUT2D eigenvalue weighted by Crippen LogP contribution is 2.18. The Balaban J connectivity index is 1.46. The van der Waals surface area contributed by atoms with Crippen molar-refractivity contribution in [1.29, 1.82) is 0 Å². The summed E-state index contributed by atoms with van der Waals surface area (Å²) in [6.07, 6.45) is 3.03. The minimum Gasteiger partial charge on any atom is -0.481 e. The lowest BCUT2D eigenvalue weighted by Gasteiger charge is -2.29. The number of nitrogens with one attached hydrogen (secondary N) is 4. The third-order valence-electron chi connectivity index (χ3n) is 6.39. The van der Waals surface area contributed by atoms with Crippen LogP contribution in [0.25, 0.3) is 11.2 Å². The summed E-state index contributed by atoms with van der Waals surface area (Å²) >= 11 is 0. The number of ether oxygens (including phenoxy) is 1. The molecule has 1 amide bonds. The van der Waals surface area contributed by atoms with Gasteiger partial charge in [0.15, 0.2) is 22.5 Å². The zero-order valence-electron chi connectivity index (χ0n) is 22.8. The van der Waals surface area contributed by atoms with Gasteiger partial charge >= 0.3 is 11.9 Å². The van der Waals surface area contributed by atoms with Gasteiger partial charge in [0.2, 0.25) is 5.95 Å². The van der Waals surface area contributed by atoms with Crippen LogP contribution in [0, 0.1) is 0 Å². The number of hydrogen-bond donors (Lipinski definition) is 7. The summed E-state index contributed by atoms with van der Waals surface area (Å²) in [7, 11) is 1.06. The van der Waals surface area contributed by atoms with Crippen LogP contribution in [-0.2, 0) is 32.1 Å². The molecule has 0 unspecified atom stereocenters. The van der Waals surface area contributed by atoms with E-state index in [0.717, 1.165) is 7.11 Å². The number of nitrogens with zero attached hydrogens (tertiary/aromatic N) is 4. The van der Waals surface area contributed by atoms with Gasteiger partial charge in [0.25, 0.3) is 11.5 Å². The van der Waals surface area contributed by atoms with Crippen LogP contribution in [0.2, 0.25) is 0 Å². The maximum atomic E-state index is 13.5. The Hall–Kier alpha value is -5.71. The molecular weight excluding hydrogens is 564 g/mol. The van der Waals surface area contributed by atoms with Gasteiger partial charge in [0.05, 0.1) is 37.9 Å². The molecule has 0 radical (unpaired) electrons. The number of rotatable bonds is 13. The van der Waals surface area contributed by atoms with Crippen LogP contribution in [0.3, 0.4) is 0 Å². The van der Waals surface area contributed by atoms with E-state index in [1.54, 1.807) is 12.1 Å². The first kappa shape index (κ1) is 30.3. The molecule has 1 aromatic carbocycles. The average Bonchev–Trinajstić information content (AvgIpc) is 3.50. The number of carboxylic acid groups (broad SMARTS) is 1. The van der Waals surface area contributed by atoms with E-state index in [1.807, 2.05) is 0 Å². The molecule has 2 atom stereocenters. The number of anilines is 2. The van der Waals surface area contributed by atoms with Gasteiger partial charge in [-0.3, -0.25) is 24.2 Å². The smallest absolute Gasteiger partial charge is 0.334 e. The molecule has 0 bridgehead atoms. The molecule has 0 fully saturated rings. The summed E-state index contributed by atoms with van der Waals surface area (Å²) in [6, 6.07) is 4.70. The van der Waals surface area contributed by atoms with E-state index in [9.17, 15) is 29.1 Å². The number of H-pyrrole nitrogens is 2. The van der Waals surface area contributed by atoms with Gasteiger partial charge in [0.1, 0.15) is 0 Å². The van der Waals surface area contributed by atoms with Crippen LogP contribution < -0.4 is 27.7 Å². The molecule has 4 aromatic rings. The number of amides is 1. The van der Waals surface area contributed by atoms with Gasteiger partial charge in [-0.15, -0.1) is 0 Å². The third-order valence-corrected chi connectivity index (χ3v) is 6.39. The predicted octanol–water partition coefficient (Wildman–Crippen LogP) is -0.724. The third kappa shape index (κ3) is 7.14. The van der Waals surface area contributed by atoms with E-state index in [2.05, 4.69) is 40.5 Å². The second-order valence-corrected chi connectivity index (χ2v) is 9.45. The number of imidazole rings is 1. The molecule has 0 aliphatic carbocycles. The first-order chi connectivity index (χ1) is 20.5. The quantitative estimate of drug-likeness (QED) is 0.0745. The van der Waals surface area contributed by atoms with Gasteiger partial charge in [-0.25, -0.2) is 19.7 Å². The maximum absolute atomic E-state index is 13.5. The molecular formula is C26H28N10O7. The zero-order valence-corrected chi connectivity index (χ0v) is 22.8. The minimum atomic E-state index is -2.23. The lowest BCUT2D eigenvalue weighted by atomic mass is 9.84. The fourth-order valence-corrected chi connectivity index (χ4v) is 4.20. The number of carbonyl (C=O) groups excluding carboxylic acids is 3. The molecule has 17 nitrogen and oxygen atoms in total. The van der Waals surface area contributed by atoms with Gasteiger partial charge in [-0.1, -0.05) is 0 Å². The molecule has 43 heavy (non-hydrogen) atoms. The highest BCUT2D eigenvalue weighted by molar-refractivity contribution is 6.12. The van der Waals surface area contributed by atoms with E-state index in [0.29, 0.717) is 17.1 Å². The number of methoxy groups -OCH3 is 1. The number of ketones is 1. The number of aromatic amines is 2. The summed E-state index contributed by atoms with van der Waals surface area (Å²) < 4.78 is 4.76. The Kier molecular flexibility index (Phi) is 9.05. The van der Waals surface area contributed by atoms with E-state index in [4.69, 9.17) is 16.2 Å². The van der Waals surface area contributed by atoms with Crippen LogP contribution in [0.15, 0.2) is 47.8 Å². The normalized spacial score (nSPS) is 13.1. The standard InChI is InChI=1S/C26H28N10O7/c1-43-24(42)26(28,8-15-9-29-12-32-15)20(39)17(6-7-18(37)38)34-22(40)13-2-4-14(5-3-13)30-10-16-11-31-21-19(33-16)23(41)36-25(27)35-21/h2-5,9,11-12,17,30H,6-8,10,28H2,1H3,(H,29,32)(H,34,40)(H,37,38)(H3,27,31,35,36,41)/t17-,26+/m0/s1. The van der Waals surface area contributed by atoms with Gasteiger partial charge in [0, 0.05) is 36.0 Å².